The Morgan fingerprint density at radius 2 is 2.00 bits per heavy atom. The summed E-state index contributed by atoms with van der Waals surface area (Å²) in [5.74, 6) is -0.345. The zero-order valence-electron chi connectivity index (χ0n) is 11.0. The highest BCUT2D eigenvalue weighted by Crippen LogP contribution is 2.02. The number of hydrogen-bond donors (Lipinski definition) is 1. The van der Waals surface area contributed by atoms with Crippen LogP contribution in [-0.2, 0) is 9.53 Å². The smallest absolute Gasteiger partial charge is 0.333 e. The zero-order valence-corrected chi connectivity index (χ0v) is 11.0. The molecule has 4 nitrogen and oxygen atoms in total. The first kappa shape index (κ1) is 15.1. The van der Waals surface area contributed by atoms with Crippen molar-refractivity contribution in [2.24, 2.45) is 0 Å². The Morgan fingerprint density at radius 1 is 1.44 bits per heavy atom. The molecule has 0 rings (SSSR count). The van der Waals surface area contributed by atoms with Crippen LogP contribution in [0.3, 0.4) is 0 Å². The molecule has 0 aliphatic heterocycles. The minimum atomic E-state index is -0.608. The third-order valence-electron chi connectivity index (χ3n) is 2.03. The SMILES string of the molecule is CC(=CCC[N+](C)(C)C)C(=O)OCC(C)O. The summed E-state index contributed by atoms with van der Waals surface area (Å²) in [6, 6.07) is 0. The molecule has 4 heteroatoms. The van der Waals surface area contributed by atoms with Crippen molar-refractivity contribution in [3.8, 4) is 0 Å². The topological polar surface area (TPSA) is 46.5 Å². The van der Waals surface area contributed by atoms with Gasteiger partial charge in [0, 0.05) is 12.0 Å². The molecule has 0 aromatic carbocycles. The average Bonchev–Trinajstić information content (AvgIpc) is 2.11. The molecular weight excluding hydrogens is 206 g/mol. The normalized spacial score (nSPS) is 14.8. The highest BCUT2D eigenvalue weighted by atomic mass is 16.5. The first-order valence-corrected chi connectivity index (χ1v) is 5.55. The number of rotatable bonds is 6. The summed E-state index contributed by atoms with van der Waals surface area (Å²) in [5.41, 5.74) is 0.606. The Kier molecular flexibility index (Phi) is 6.29. The van der Waals surface area contributed by atoms with Gasteiger partial charge in [-0.25, -0.2) is 4.79 Å². The summed E-state index contributed by atoms with van der Waals surface area (Å²) in [6.45, 7) is 4.35. The van der Waals surface area contributed by atoms with E-state index in [0.29, 0.717) is 5.57 Å². The predicted molar refractivity (Wildman–Crippen MR) is 63.9 cm³/mol. The van der Waals surface area contributed by atoms with Crippen LogP contribution < -0.4 is 0 Å². The van der Waals surface area contributed by atoms with Crippen molar-refractivity contribution in [2.75, 3.05) is 34.3 Å². The second-order valence-electron chi connectivity index (χ2n) is 5.14. The van der Waals surface area contributed by atoms with Gasteiger partial charge in [-0.3, -0.25) is 0 Å². The van der Waals surface area contributed by atoms with Gasteiger partial charge < -0.3 is 14.3 Å². The molecule has 0 saturated carbocycles. The molecule has 0 heterocycles. The Balaban J connectivity index is 3.98. The van der Waals surface area contributed by atoms with Crippen LogP contribution in [-0.4, -0.2) is 56.0 Å². The van der Waals surface area contributed by atoms with Gasteiger partial charge in [0.05, 0.1) is 33.8 Å². The van der Waals surface area contributed by atoms with Gasteiger partial charge in [0.15, 0.2) is 0 Å². The van der Waals surface area contributed by atoms with Gasteiger partial charge in [0.25, 0.3) is 0 Å². The standard InChI is InChI=1S/C12H24NO3/c1-10(7-6-8-13(3,4)5)12(15)16-9-11(2)14/h7,11,14H,6,8-9H2,1-5H3/q+1. The van der Waals surface area contributed by atoms with E-state index in [9.17, 15) is 4.79 Å². The molecule has 1 N–H and O–H groups in total. The third kappa shape index (κ3) is 8.44. The van der Waals surface area contributed by atoms with Crippen LogP contribution in [0.1, 0.15) is 20.3 Å². The van der Waals surface area contributed by atoms with Crippen LogP contribution in [0.5, 0.6) is 0 Å². The summed E-state index contributed by atoms with van der Waals surface area (Å²) < 4.78 is 5.75. The molecule has 0 aromatic rings. The van der Waals surface area contributed by atoms with Crippen LogP contribution in [0.2, 0.25) is 0 Å². The van der Waals surface area contributed by atoms with Crippen molar-refractivity contribution in [1.82, 2.24) is 0 Å². The minimum absolute atomic E-state index is 0.0549. The number of ether oxygens (including phenoxy) is 1. The fraction of sp³-hybridized carbons (Fsp3) is 0.750. The van der Waals surface area contributed by atoms with Gasteiger partial charge >= 0.3 is 5.97 Å². The Hall–Kier alpha value is -0.870. The van der Waals surface area contributed by atoms with Gasteiger partial charge in [-0.15, -0.1) is 0 Å². The quantitative estimate of drug-likeness (QED) is 0.420. The average molecular weight is 230 g/mol. The van der Waals surface area contributed by atoms with Gasteiger partial charge in [-0.1, -0.05) is 6.08 Å². The molecule has 16 heavy (non-hydrogen) atoms. The predicted octanol–water partition coefficient (Wildman–Crippen LogP) is 0.953. The molecule has 0 aliphatic rings. The maximum atomic E-state index is 11.4. The molecule has 0 saturated heterocycles. The molecular formula is C12H24NO3+. The summed E-state index contributed by atoms with van der Waals surface area (Å²) in [7, 11) is 6.32. The van der Waals surface area contributed by atoms with Gasteiger partial charge in [0.2, 0.25) is 0 Å². The number of nitrogens with zero attached hydrogens (tertiary/aromatic N) is 1. The minimum Gasteiger partial charge on any atom is -0.460 e. The van der Waals surface area contributed by atoms with E-state index in [-0.39, 0.29) is 12.6 Å². The number of carbonyl (C=O) groups excluding carboxylic acids is 1. The van der Waals surface area contributed by atoms with Crippen LogP contribution >= 0.6 is 0 Å². The first-order chi connectivity index (χ1) is 7.22. The van der Waals surface area contributed by atoms with E-state index in [1.807, 2.05) is 6.08 Å². The molecule has 0 radical (unpaired) electrons. The lowest BCUT2D eigenvalue weighted by atomic mass is 10.2. The molecule has 0 amide bonds. The fourth-order valence-corrected chi connectivity index (χ4v) is 1.06. The van der Waals surface area contributed by atoms with E-state index < -0.39 is 6.10 Å². The lowest BCUT2D eigenvalue weighted by Gasteiger charge is -2.22. The van der Waals surface area contributed by atoms with Crippen LogP contribution in [0.25, 0.3) is 0 Å². The van der Waals surface area contributed by atoms with Crippen molar-refractivity contribution < 1.29 is 19.1 Å². The van der Waals surface area contributed by atoms with Crippen LogP contribution in [0.15, 0.2) is 11.6 Å². The first-order valence-electron chi connectivity index (χ1n) is 5.55. The van der Waals surface area contributed by atoms with E-state index in [0.717, 1.165) is 17.4 Å². The van der Waals surface area contributed by atoms with Crippen molar-refractivity contribution in [3.63, 3.8) is 0 Å². The van der Waals surface area contributed by atoms with Gasteiger partial charge in [-0.05, 0) is 13.8 Å². The molecule has 94 valence electrons. The summed E-state index contributed by atoms with van der Waals surface area (Å²) >= 11 is 0. The van der Waals surface area contributed by atoms with Gasteiger partial charge in [-0.2, -0.15) is 0 Å². The molecule has 0 bridgehead atoms. The number of esters is 1. The van der Waals surface area contributed by atoms with E-state index >= 15 is 0 Å². The van der Waals surface area contributed by atoms with Crippen molar-refractivity contribution in [1.29, 1.82) is 0 Å². The maximum absolute atomic E-state index is 11.4. The third-order valence-corrected chi connectivity index (χ3v) is 2.03. The van der Waals surface area contributed by atoms with Gasteiger partial charge in [0.1, 0.15) is 6.61 Å². The highest BCUT2D eigenvalue weighted by molar-refractivity contribution is 5.87. The number of hydrogen-bond acceptors (Lipinski definition) is 3. The number of aliphatic hydroxyl groups is 1. The molecule has 1 atom stereocenters. The van der Waals surface area contributed by atoms with Crippen LogP contribution in [0.4, 0.5) is 0 Å². The number of aliphatic hydroxyl groups excluding tert-OH is 1. The molecule has 0 aromatic heterocycles. The molecule has 1 unspecified atom stereocenters. The Bertz CT molecular complexity index is 251. The van der Waals surface area contributed by atoms with E-state index in [1.54, 1.807) is 13.8 Å². The largest absolute Gasteiger partial charge is 0.460 e. The fourth-order valence-electron chi connectivity index (χ4n) is 1.06. The lowest BCUT2D eigenvalue weighted by molar-refractivity contribution is -0.869. The number of carbonyl (C=O) groups is 1. The Labute approximate surface area is 98.1 Å². The maximum Gasteiger partial charge on any atom is 0.333 e. The van der Waals surface area contributed by atoms with E-state index in [2.05, 4.69) is 21.1 Å². The summed E-state index contributed by atoms with van der Waals surface area (Å²) in [5, 5.41) is 8.97. The second-order valence-corrected chi connectivity index (χ2v) is 5.14. The highest BCUT2D eigenvalue weighted by Gasteiger charge is 2.09. The monoisotopic (exact) mass is 230 g/mol. The van der Waals surface area contributed by atoms with Crippen molar-refractivity contribution in [2.45, 2.75) is 26.4 Å². The summed E-state index contributed by atoms with van der Waals surface area (Å²) in [6.07, 6.45) is 2.12. The van der Waals surface area contributed by atoms with E-state index in [4.69, 9.17) is 9.84 Å². The van der Waals surface area contributed by atoms with E-state index in [1.165, 1.54) is 0 Å². The van der Waals surface area contributed by atoms with Crippen molar-refractivity contribution in [3.05, 3.63) is 11.6 Å². The molecule has 0 aliphatic carbocycles. The zero-order chi connectivity index (χ0) is 12.8. The molecule has 0 fully saturated rings. The molecule has 0 spiro atoms. The Morgan fingerprint density at radius 3 is 2.44 bits per heavy atom. The number of quaternary nitrogens is 1. The summed E-state index contributed by atoms with van der Waals surface area (Å²) in [4.78, 5) is 11.4. The van der Waals surface area contributed by atoms with Crippen molar-refractivity contribution >= 4 is 5.97 Å². The lowest BCUT2D eigenvalue weighted by Crippen LogP contribution is -2.35. The second kappa shape index (κ2) is 6.66. The van der Waals surface area contributed by atoms with Crippen LogP contribution in [0, 0.1) is 0 Å².